The van der Waals surface area contributed by atoms with Crippen LogP contribution in [0, 0.1) is 0 Å². The van der Waals surface area contributed by atoms with Gasteiger partial charge in [-0.15, -0.1) is 0 Å². The molecule has 0 radical (unpaired) electrons. The molecule has 0 unspecified atom stereocenters. The molecule has 0 spiro atoms. The number of aliphatic imine (C=N–C) groups is 1. The predicted molar refractivity (Wildman–Crippen MR) is 79.3 cm³/mol. The zero-order valence-electron chi connectivity index (χ0n) is 11.6. The van der Waals surface area contributed by atoms with Crippen molar-refractivity contribution in [1.29, 1.82) is 0 Å². The maximum absolute atomic E-state index is 11.3. The number of ether oxygens (including phenoxy) is 1. The van der Waals surface area contributed by atoms with E-state index in [0.29, 0.717) is 5.69 Å². The van der Waals surface area contributed by atoms with Gasteiger partial charge in [-0.2, -0.15) is 0 Å². The van der Waals surface area contributed by atoms with E-state index in [1.165, 1.54) is 0 Å². The van der Waals surface area contributed by atoms with Gasteiger partial charge in [0.2, 0.25) is 0 Å². The van der Waals surface area contributed by atoms with Crippen molar-refractivity contribution >= 4 is 28.8 Å². The maximum Gasteiger partial charge on any atom is 0.337 e. The van der Waals surface area contributed by atoms with Crippen LogP contribution in [0.4, 0.5) is 5.69 Å². The lowest BCUT2D eigenvalue weighted by Gasteiger charge is -2.09. The van der Waals surface area contributed by atoms with E-state index in [0.717, 1.165) is 16.5 Å². The third-order valence-corrected chi connectivity index (χ3v) is 2.85. The Morgan fingerprint density at radius 2 is 2.05 bits per heavy atom. The molecule has 2 rings (SSSR count). The lowest BCUT2D eigenvalue weighted by Crippen LogP contribution is -2.07. The number of methoxy groups -OCH3 is 1. The van der Waals surface area contributed by atoms with E-state index in [4.69, 9.17) is 4.74 Å². The van der Waals surface area contributed by atoms with Gasteiger partial charge in [-0.05, 0) is 29.7 Å². The molecule has 0 aliphatic heterocycles. The Balaban J connectivity index is 2.69. The molecular weight excluding hydrogens is 256 g/mol. The average molecular weight is 272 g/mol. The van der Waals surface area contributed by atoms with E-state index in [1.807, 2.05) is 26.2 Å². The highest BCUT2D eigenvalue weighted by atomic mass is 16.5. The number of nitrogens with zero attached hydrogens (tertiary/aromatic N) is 2. The molecule has 0 amide bonds. The van der Waals surface area contributed by atoms with Crippen LogP contribution >= 0.6 is 0 Å². The Morgan fingerprint density at radius 3 is 2.65 bits per heavy atom. The Morgan fingerprint density at radius 1 is 1.30 bits per heavy atom. The van der Waals surface area contributed by atoms with Crippen molar-refractivity contribution in [1.82, 2.24) is 4.90 Å². The highest BCUT2D eigenvalue weighted by Gasteiger charge is 2.13. The van der Waals surface area contributed by atoms with Gasteiger partial charge in [-0.25, -0.2) is 9.79 Å². The van der Waals surface area contributed by atoms with Gasteiger partial charge in [-0.1, -0.05) is 6.07 Å². The Bertz CT molecular complexity index is 678. The number of carboxylic acids is 1. The van der Waals surface area contributed by atoms with Crippen molar-refractivity contribution < 1.29 is 14.6 Å². The van der Waals surface area contributed by atoms with E-state index in [-0.39, 0.29) is 5.56 Å². The summed E-state index contributed by atoms with van der Waals surface area (Å²) >= 11 is 0. The van der Waals surface area contributed by atoms with E-state index in [2.05, 4.69) is 4.99 Å². The van der Waals surface area contributed by atoms with E-state index < -0.39 is 5.97 Å². The summed E-state index contributed by atoms with van der Waals surface area (Å²) in [6.45, 7) is 0. The number of carboxylic acid groups (broad SMARTS) is 1. The largest absolute Gasteiger partial charge is 0.497 e. The summed E-state index contributed by atoms with van der Waals surface area (Å²) in [5.74, 6) is -0.267. The molecule has 0 bridgehead atoms. The van der Waals surface area contributed by atoms with Gasteiger partial charge in [0.05, 0.1) is 24.7 Å². The number of hydrogen-bond acceptors (Lipinski definition) is 3. The number of carbonyl (C=O) groups is 1. The molecule has 0 aromatic heterocycles. The molecule has 20 heavy (non-hydrogen) atoms. The Hall–Kier alpha value is -2.56. The number of fused-ring (bicyclic) bond motifs is 1. The summed E-state index contributed by atoms with van der Waals surface area (Å²) in [6, 6.07) is 8.80. The second-order valence-corrected chi connectivity index (χ2v) is 4.56. The van der Waals surface area contributed by atoms with Crippen LogP contribution in [0.1, 0.15) is 10.4 Å². The minimum Gasteiger partial charge on any atom is -0.497 e. The fourth-order valence-corrected chi connectivity index (χ4v) is 1.90. The standard InChI is InChI=1S/C15H16N2O3/c1-17(2)9-16-14-12-7-5-11(20-3)8-10(12)4-6-13(14)15(18)19/h4-9H,1-3H3,(H,18,19). The fourth-order valence-electron chi connectivity index (χ4n) is 1.90. The van der Waals surface area contributed by atoms with Crippen LogP contribution in [-0.2, 0) is 0 Å². The van der Waals surface area contributed by atoms with Gasteiger partial charge in [0, 0.05) is 19.5 Å². The van der Waals surface area contributed by atoms with Gasteiger partial charge in [-0.3, -0.25) is 0 Å². The molecule has 0 atom stereocenters. The second-order valence-electron chi connectivity index (χ2n) is 4.56. The van der Waals surface area contributed by atoms with Crippen LogP contribution in [0.15, 0.2) is 35.3 Å². The Labute approximate surface area is 117 Å². The van der Waals surface area contributed by atoms with Gasteiger partial charge in [0.25, 0.3) is 0 Å². The molecule has 5 heteroatoms. The average Bonchev–Trinajstić information content (AvgIpc) is 2.43. The molecule has 0 fully saturated rings. The number of hydrogen-bond donors (Lipinski definition) is 1. The van der Waals surface area contributed by atoms with Crippen LogP contribution in [0.2, 0.25) is 0 Å². The van der Waals surface area contributed by atoms with Crippen LogP contribution < -0.4 is 4.74 Å². The summed E-state index contributed by atoms with van der Waals surface area (Å²) in [5, 5.41) is 10.9. The molecule has 0 heterocycles. The molecule has 2 aromatic rings. The molecule has 0 saturated carbocycles. The molecule has 5 nitrogen and oxygen atoms in total. The first-order chi connectivity index (χ1) is 9.52. The summed E-state index contributed by atoms with van der Waals surface area (Å²) in [4.78, 5) is 17.4. The van der Waals surface area contributed by atoms with Crippen molar-refractivity contribution in [3.63, 3.8) is 0 Å². The van der Waals surface area contributed by atoms with Crippen molar-refractivity contribution in [2.24, 2.45) is 4.99 Å². The smallest absolute Gasteiger partial charge is 0.337 e. The van der Waals surface area contributed by atoms with E-state index in [1.54, 1.807) is 36.5 Å². The number of rotatable bonds is 4. The SMILES string of the molecule is COc1ccc2c(N=CN(C)C)c(C(=O)O)ccc2c1. The maximum atomic E-state index is 11.3. The highest BCUT2D eigenvalue weighted by molar-refractivity contribution is 6.05. The lowest BCUT2D eigenvalue weighted by molar-refractivity contribution is 0.0698. The highest BCUT2D eigenvalue weighted by Crippen LogP contribution is 2.32. The molecule has 0 aliphatic carbocycles. The molecule has 2 aromatic carbocycles. The summed E-state index contributed by atoms with van der Waals surface area (Å²) in [7, 11) is 5.26. The molecule has 1 N–H and O–H groups in total. The third-order valence-electron chi connectivity index (χ3n) is 2.85. The summed E-state index contributed by atoms with van der Waals surface area (Å²) in [6.07, 6.45) is 1.59. The van der Waals surface area contributed by atoms with Gasteiger partial charge in [0.1, 0.15) is 5.75 Å². The van der Waals surface area contributed by atoms with Crippen molar-refractivity contribution in [3.8, 4) is 5.75 Å². The monoisotopic (exact) mass is 272 g/mol. The van der Waals surface area contributed by atoms with Crippen LogP contribution in [0.5, 0.6) is 5.75 Å². The minimum absolute atomic E-state index is 0.181. The van der Waals surface area contributed by atoms with E-state index >= 15 is 0 Å². The zero-order valence-corrected chi connectivity index (χ0v) is 11.6. The topological polar surface area (TPSA) is 62.1 Å². The second kappa shape index (κ2) is 5.61. The first-order valence-electron chi connectivity index (χ1n) is 6.07. The summed E-state index contributed by atoms with van der Waals surface area (Å²) in [5.41, 5.74) is 0.632. The van der Waals surface area contributed by atoms with Gasteiger partial charge >= 0.3 is 5.97 Å². The van der Waals surface area contributed by atoms with Crippen LogP contribution in [0.3, 0.4) is 0 Å². The summed E-state index contributed by atoms with van der Waals surface area (Å²) < 4.78 is 5.18. The van der Waals surface area contributed by atoms with Gasteiger partial charge in [0.15, 0.2) is 0 Å². The van der Waals surface area contributed by atoms with Crippen LogP contribution in [-0.4, -0.2) is 43.5 Å². The first-order valence-corrected chi connectivity index (χ1v) is 6.07. The number of aromatic carboxylic acids is 1. The van der Waals surface area contributed by atoms with Crippen LogP contribution in [0.25, 0.3) is 10.8 Å². The molecule has 0 aliphatic rings. The van der Waals surface area contributed by atoms with Gasteiger partial charge < -0.3 is 14.7 Å². The Kier molecular flexibility index (Phi) is 3.89. The zero-order chi connectivity index (χ0) is 14.7. The normalized spacial score (nSPS) is 10.9. The molecule has 104 valence electrons. The van der Waals surface area contributed by atoms with Crippen molar-refractivity contribution in [2.45, 2.75) is 0 Å². The number of benzene rings is 2. The molecule has 0 saturated heterocycles. The minimum atomic E-state index is -0.992. The van der Waals surface area contributed by atoms with E-state index in [9.17, 15) is 9.90 Å². The quantitative estimate of drug-likeness (QED) is 0.686. The van der Waals surface area contributed by atoms with Crippen molar-refractivity contribution in [2.75, 3.05) is 21.2 Å². The lowest BCUT2D eigenvalue weighted by atomic mass is 10.0. The third kappa shape index (κ3) is 2.71. The fraction of sp³-hybridized carbons (Fsp3) is 0.200. The first kappa shape index (κ1) is 13.9. The predicted octanol–water partition coefficient (Wildman–Crippen LogP) is 2.77. The van der Waals surface area contributed by atoms with Crippen molar-refractivity contribution in [3.05, 3.63) is 35.9 Å². The molecular formula is C15H16N2O3.